The van der Waals surface area contributed by atoms with Crippen LogP contribution in [0.25, 0.3) is 0 Å². The van der Waals surface area contributed by atoms with Gasteiger partial charge in [0.2, 0.25) is 0 Å². The van der Waals surface area contributed by atoms with Crippen molar-refractivity contribution in [2.75, 3.05) is 0 Å². The maximum absolute atomic E-state index is 2.12. The van der Waals surface area contributed by atoms with Gasteiger partial charge >= 0.3 is 0 Å². The minimum atomic E-state index is 0. The number of rotatable bonds is 0. The van der Waals surface area contributed by atoms with Gasteiger partial charge in [0.1, 0.15) is 0 Å². The van der Waals surface area contributed by atoms with Crippen molar-refractivity contribution in [3.63, 3.8) is 0 Å². The van der Waals surface area contributed by atoms with Gasteiger partial charge in [-0.15, -0.1) is 0 Å². The zero-order chi connectivity index (χ0) is 2.71. The predicted octanol–water partition coefficient (Wildman–Crippen LogP) is 1.58. The molecule has 0 bridgehead atoms. The molecule has 0 radical (unpaired) electrons. The van der Waals surface area contributed by atoms with Crippen molar-refractivity contribution in [2.24, 2.45) is 0 Å². The summed E-state index contributed by atoms with van der Waals surface area (Å²) in [6.45, 7) is 4.25. The molecule has 2 heteroatoms. The van der Waals surface area contributed by atoms with Crippen LogP contribution in [0.15, 0.2) is 0 Å². The first kappa shape index (κ1) is 17.3. The fourth-order valence-corrected chi connectivity index (χ4v) is 0. The Morgan fingerprint density at radius 3 is 1.20 bits per heavy atom. The van der Waals surface area contributed by atoms with Crippen LogP contribution in [0.3, 0.4) is 0 Å². The Labute approximate surface area is 48.6 Å². The first-order valence-electron chi connectivity index (χ1n) is 1.41. The van der Waals surface area contributed by atoms with Gasteiger partial charge in [-0.25, -0.2) is 0 Å². The number of hydrogen-bond acceptors (Lipinski definition) is 1. The van der Waals surface area contributed by atoms with Crippen LogP contribution in [0.4, 0.5) is 0 Å². The van der Waals surface area contributed by atoms with E-state index in [0.29, 0.717) is 0 Å². The van der Waals surface area contributed by atoms with Crippen molar-refractivity contribution in [2.45, 2.75) is 20.3 Å². The van der Waals surface area contributed by atoms with Gasteiger partial charge in [0.25, 0.3) is 0 Å². The summed E-state index contributed by atoms with van der Waals surface area (Å²) in [6.07, 6.45) is 1.25. The van der Waals surface area contributed by atoms with E-state index < -0.39 is 0 Å². The molecule has 5 heavy (non-hydrogen) atoms. The molecule has 0 aromatic carbocycles. The molecular weight excluding hydrogens is 97.9 g/mol. The van der Waals surface area contributed by atoms with Crippen LogP contribution in [-0.4, -0.2) is 0 Å². The molecule has 0 fully saturated rings. The summed E-state index contributed by atoms with van der Waals surface area (Å²) in [7, 11) is 0. The van der Waals surface area contributed by atoms with Gasteiger partial charge in [0.15, 0.2) is 0 Å². The van der Waals surface area contributed by atoms with Crippen LogP contribution in [0.1, 0.15) is 20.3 Å². The van der Waals surface area contributed by atoms with Gasteiger partial charge in [0, 0.05) is 21.7 Å². The average Bonchev–Trinajstić information content (AvgIpc) is 0.918. The molecule has 0 aliphatic carbocycles. The molecular formula is C3H11NTi. The maximum atomic E-state index is 2.12. The van der Waals surface area contributed by atoms with Crippen molar-refractivity contribution >= 4 is 0 Å². The topological polar surface area (TPSA) is 35.0 Å². The smallest absolute Gasteiger partial charge is 0 e. The molecule has 0 heterocycles. The van der Waals surface area contributed by atoms with Gasteiger partial charge in [-0.3, -0.25) is 0 Å². The average molecular weight is 109 g/mol. The Hall–Kier alpha value is 0.674. The van der Waals surface area contributed by atoms with E-state index in [1.807, 2.05) is 0 Å². The van der Waals surface area contributed by atoms with Gasteiger partial charge in [-0.05, 0) is 0 Å². The van der Waals surface area contributed by atoms with Crippen LogP contribution in [0, 0.1) is 0 Å². The normalized spacial score (nSPS) is 3.60. The Bertz CT molecular complexity index is 6.85. The Morgan fingerprint density at radius 1 is 1.20 bits per heavy atom. The summed E-state index contributed by atoms with van der Waals surface area (Å²) >= 11 is 0. The van der Waals surface area contributed by atoms with Crippen LogP contribution >= 0.6 is 0 Å². The third kappa shape index (κ3) is 73.5. The quantitative estimate of drug-likeness (QED) is 0.471. The molecule has 0 unspecified atom stereocenters. The van der Waals surface area contributed by atoms with Gasteiger partial charge < -0.3 is 6.15 Å². The van der Waals surface area contributed by atoms with Crippen LogP contribution in [-0.2, 0) is 21.7 Å². The van der Waals surface area contributed by atoms with Crippen molar-refractivity contribution in [1.29, 1.82) is 0 Å². The van der Waals surface area contributed by atoms with E-state index in [1.54, 1.807) is 0 Å². The van der Waals surface area contributed by atoms with Gasteiger partial charge in [-0.1, -0.05) is 20.3 Å². The minimum Gasteiger partial charge on any atom is -0.344 e. The fourth-order valence-electron chi connectivity index (χ4n) is 0. The second kappa shape index (κ2) is 22.5. The van der Waals surface area contributed by atoms with E-state index >= 15 is 0 Å². The van der Waals surface area contributed by atoms with Gasteiger partial charge in [0.05, 0.1) is 0 Å². The Balaban J connectivity index is -0.0000000200. The summed E-state index contributed by atoms with van der Waals surface area (Å²) in [5, 5.41) is 0. The SMILES string of the molecule is CCC.N.[Ti]. The zero-order valence-electron chi connectivity index (χ0n) is 3.91. The van der Waals surface area contributed by atoms with Crippen LogP contribution < -0.4 is 6.15 Å². The van der Waals surface area contributed by atoms with E-state index in [9.17, 15) is 0 Å². The third-order valence-electron chi connectivity index (χ3n) is 0. The first-order valence-corrected chi connectivity index (χ1v) is 1.41. The fraction of sp³-hybridized carbons (Fsp3) is 1.00. The molecule has 3 N–H and O–H groups in total. The summed E-state index contributed by atoms with van der Waals surface area (Å²) in [5.41, 5.74) is 0. The van der Waals surface area contributed by atoms with Crippen LogP contribution in [0.5, 0.6) is 0 Å². The molecule has 0 aromatic heterocycles. The summed E-state index contributed by atoms with van der Waals surface area (Å²) in [5.74, 6) is 0. The summed E-state index contributed by atoms with van der Waals surface area (Å²) < 4.78 is 0. The number of hydrogen-bond donors (Lipinski definition) is 1. The first-order chi connectivity index (χ1) is 1.41. The second-order valence-electron chi connectivity index (χ2n) is 0.707. The van der Waals surface area contributed by atoms with Crippen LogP contribution in [0.2, 0.25) is 0 Å². The molecule has 0 aliphatic rings. The van der Waals surface area contributed by atoms with E-state index in [-0.39, 0.29) is 27.9 Å². The predicted molar refractivity (Wildman–Crippen MR) is 21.0 cm³/mol. The molecule has 0 saturated carbocycles. The molecule has 1 nitrogen and oxygen atoms in total. The van der Waals surface area contributed by atoms with E-state index in [1.165, 1.54) is 6.42 Å². The maximum Gasteiger partial charge on any atom is 0 e. The van der Waals surface area contributed by atoms with Crippen molar-refractivity contribution in [3.8, 4) is 0 Å². The van der Waals surface area contributed by atoms with E-state index in [2.05, 4.69) is 13.8 Å². The summed E-state index contributed by atoms with van der Waals surface area (Å²) in [6, 6.07) is 0. The minimum absolute atomic E-state index is 0. The Kier molecular flexibility index (Phi) is 78.0. The monoisotopic (exact) mass is 109 g/mol. The zero-order valence-corrected chi connectivity index (χ0v) is 5.48. The molecule has 32 valence electrons. The molecule has 0 amide bonds. The molecule has 0 aliphatic heterocycles. The second-order valence-corrected chi connectivity index (χ2v) is 0.707. The van der Waals surface area contributed by atoms with Crippen molar-refractivity contribution in [1.82, 2.24) is 6.15 Å². The standard InChI is InChI=1S/C3H8.H3N.Ti/c1-3-2;;/h3H2,1-2H3;1H3;. The molecule has 0 aromatic rings. The Morgan fingerprint density at radius 2 is 1.20 bits per heavy atom. The molecule has 0 rings (SSSR count). The van der Waals surface area contributed by atoms with E-state index in [4.69, 9.17) is 0 Å². The van der Waals surface area contributed by atoms with Crippen molar-refractivity contribution < 1.29 is 21.7 Å². The largest absolute Gasteiger partial charge is 0.344 e. The molecule has 0 spiro atoms. The van der Waals surface area contributed by atoms with E-state index in [0.717, 1.165) is 0 Å². The summed E-state index contributed by atoms with van der Waals surface area (Å²) in [4.78, 5) is 0. The molecule has 0 saturated heterocycles. The third-order valence-corrected chi connectivity index (χ3v) is 0. The molecule has 0 atom stereocenters. The van der Waals surface area contributed by atoms with Gasteiger partial charge in [-0.2, -0.15) is 0 Å². The van der Waals surface area contributed by atoms with Crippen molar-refractivity contribution in [3.05, 3.63) is 0 Å².